The molecular weight excluding hydrogens is 264 g/mol. The Morgan fingerprint density at radius 3 is 1.90 bits per heavy atom. The molecule has 0 radical (unpaired) electrons. The number of nitrogens with zero attached hydrogens (tertiary/aromatic N) is 1. The molecule has 1 aromatic rings. The van der Waals surface area contributed by atoms with E-state index < -0.39 is 0 Å². The molecule has 0 aromatic heterocycles. The maximum Gasteiger partial charge on any atom is 0.0589 e. The van der Waals surface area contributed by atoms with Crippen molar-refractivity contribution in [1.29, 1.82) is 0 Å². The summed E-state index contributed by atoms with van der Waals surface area (Å²) in [5.41, 5.74) is 11.6. The largest absolute Gasteiger partial charge is 0.383 e. The van der Waals surface area contributed by atoms with Gasteiger partial charge < -0.3 is 15.2 Å². The fourth-order valence-corrected chi connectivity index (χ4v) is 2.88. The first-order chi connectivity index (χ1) is 9.99. The number of ether oxygens (including phenoxy) is 2. The van der Waals surface area contributed by atoms with Crippen LogP contribution in [0.25, 0.3) is 0 Å². The predicted molar refractivity (Wildman–Crippen MR) is 87.8 cm³/mol. The fraction of sp³-hybridized carbons (Fsp3) is 0.647. The van der Waals surface area contributed by atoms with E-state index in [9.17, 15) is 0 Å². The summed E-state index contributed by atoms with van der Waals surface area (Å²) in [7, 11) is 3.45. The average Bonchev–Trinajstić information content (AvgIpc) is 2.40. The Balaban J connectivity index is 2.78. The van der Waals surface area contributed by atoms with Crippen molar-refractivity contribution in [1.82, 2.24) is 4.90 Å². The van der Waals surface area contributed by atoms with E-state index >= 15 is 0 Å². The number of hydrogen-bond acceptors (Lipinski definition) is 4. The number of nitrogens with two attached hydrogens (primary N) is 1. The van der Waals surface area contributed by atoms with Crippen molar-refractivity contribution in [2.75, 3.05) is 47.1 Å². The molecule has 21 heavy (non-hydrogen) atoms. The number of hydrogen-bond donors (Lipinski definition) is 1. The van der Waals surface area contributed by atoms with Gasteiger partial charge in [-0.1, -0.05) is 17.7 Å². The van der Waals surface area contributed by atoms with Gasteiger partial charge in [-0.25, -0.2) is 0 Å². The van der Waals surface area contributed by atoms with Crippen LogP contribution in [0, 0.1) is 20.8 Å². The molecule has 0 saturated heterocycles. The Morgan fingerprint density at radius 2 is 1.48 bits per heavy atom. The summed E-state index contributed by atoms with van der Waals surface area (Å²) in [6.07, 6.45) is 0. The first kappa shape index (κ1) is 18.1. The Hall–Kier alpha value is -0.940. The van der Waals surface area contributed by atoms with Gasteiger partial charge in [-0.2, -0.15) is 0 Å². The summed E-state index contributed by atoms with van der Waals surface area (Å²) < 4.78 is 10.4. The van der Waals surface area contributed by atoms with Crippen LogP contribution >= 0.6 is 0 Å². The normalized spacial score (nSPS) is 12.9. The van der Waals surface area contributed by atoms with Crippen LogP contribution in [0.5, 0.6) is 0 Å². The molecule has 0 aliphatic heterocycles. The summed E-state index contributed by atoms with van der Waals surface area (Å²) in [4.78, 5) is 2.30. The predicted octanol–water partition coefficient (Wildman–Crippen LogP) is 2.21. The number of rotatable bonds is 9. The Labute approximate surface area is 129 Å². The Bertz CT molecular complexity index is 404. The third-order valence-corrected chi connectivity index (χ3v) is 3.79. The van der Waals surface area contributed by atoms with Gasteiger partial charge in [0.2, 0.25) is 0 Å². The van der Waals surface area contributed by atoms with Crippen LogP contribution in [-0.2, 0) is 9.47 Å². The fourth-order valence-electron chi connectivity index (χ4n) is 2.88. The SMILES string of the molecule is COCCN(CCOC)CC(N)c1c(C)cc(C)cc1C. The van der Waals surface area contributed by atoms with E-state index in [1.807, 2.05) is 0 Å². The molecular formula is C17H30N2O2. The van der Waals surface area contributed by atoms with Gasteiger partial charge in [0.25, 0.3) is 0 Å². The lowest BCUT2D eigenvalue weighted by atomic mass is 9.94. The first-order valence-electron chi connectivity index (χ1n) is 7.53. The highest BCUT2D eigenvalue weighted by Gasteiger charge is 2.16. The number of benzene rings is 1. The van der Waals surface area contributed by atoms with Crippen molar-refractivity contribution in [2.45, 2.75) is 26.8 Å². The molecule has 1 rings (SSSR count). The van der Waals surface area contributed by atoms with E-state index in [1.54, 1.807) is 14.2 Å². The maximum absolute atomic E-state index is 6.47. The van der Waals surface area contributed by atoms with Crippen LogP contribution in [-0.4, -0.2) is 52.0 Å². The molecule has 0 aliphatic carbocycles. The first-order valence-corrected chi connectivity index (χ1v) is 7.53. The minimum Gasteiger partial charge on any atom is -0.383 e. The van der Waals surface area contributed by atoms with E-state index in [0.29, 0.717) is 13.2 Å². The van der Waals surface area contributed by atoms with Crippen molar-refractivity contribution in [3.8, 4) is 0 Å². The molecule has 1 aromatic carbocycles. The summed E-state index contributed by atoms with van der Waals surface area (Å²) in [5.74, 6) is 0. The zero-order valence-electron chi connectivity index (χ0n) is 14.1. The molecule has 4 heteroatoms. The third kappa shape index (κ3) is 5.75. The van der Waals surface area contributed by atoms with Gasteiger partial charge in [0, 0.05) is 39.9 Å². The molecule has 0 fully saturated rings. The molecule has 2 N–H and O–H groups in total. The monoisotopic (exact) mass is 294 g/mol. The minimum atomic E-state index is 0.0133. The lowest BCUT2D eigenvalue weighted by Crippen LogP contribution is -2.37. The standard InChI is InChI=1S/C17H30N2O2/c1-13-10-14(2)17(15(3)11-13)16(18)12-19(6-8-20-4)7-9-21-5/h10-11,16H,6-9,12,18H2,1-5H3. The van der Waals surface area contributed by atoms with Gasteiger partial charge in [-0.3, -0.25) is 4.90 Å². The second-order valence-corrected chi connectivity index (χ2v) is 5.71. The van der Waals surface area contributed by atoms with Crippen LogP contribution in [0.2, 0.25) is 0 Å². The van der Waals surface area contributed by atoms with Crippen LogP contribution in [0.3, 0.4) is 0 Å². The van der Waals surface area contributed by atoms with Gasteiger partial charge in [-0.15, -0.1) is 0 Å². The van der Waals surface area contributed by atoms with Crippen molar-refractivity contribution in [3.05, 3.63) is 34.4 Å². The van der Waals surface area contributed by atoms with Crippen molar-refractivity contribution >= 4 is 0 Å². The van der Waals surface area contributed by atoms with Crippen molar-refractivity contribution in [3.63, 3.8) is 0 Å². The molecule has 0 amide bonds. The second kappa shape index (κ2) is 9.15. The zero-order valence-corrected chi connectivity index (χ0v) is 14.1. The van der Waals surface area contributed by atoms with Crippen molar-refractivity contribution < 1.29 is 9.47 Å². The second-order valence-electron chi connectivity index (χ2n) is 5.71. The molecule has 0 heterocycles. The Morgan fingerprint density at radius 1 is 1.00 bits per heavy atom. The van der Waals surface area contributed by atoms with Crippen LogP contribution < -0.4 is 5.73 Å². The van der Waals surface area contributed by atoms with E-state index in [1.165, 1.54) is 22.3 Å². The number of aryl methyl sites for hydroxylation is 3. The highest BCUT2D eigenvalue weighted by Crippen LogP contribution is 2.22. The smallest absolute Gasteiger partial charge is 0.0589 e. The average molecular weight is 294 g/mol. The van der Waals surface area contributed by atoms with Gasteiger partial charge in [-0.05, 0) is 37.5 Å². The molecule has 0 saturated carbocycles. The van der Waals surface area contributed by atoms with Gasteiger partial charge in [0.05, 0.1) is 13.2 Å². The van der Waals surface area contributed by atoms with Gasteiger partial charge >= 0.3 is 0 Å². The van der Waals surface area contributed by atoms with Crippen LogP contribution in [0.4, 0.5) is 0 Å². The van der Waals surface area contributed by atoms with Crippen LogP contribution in [0.1, 0.15) is 28.3 Å². The molecule has 1 atom stereocenters. The summed E-state index contributed by atoms with van der Waals surface area (Å²) in [5, 5.41) is 0. The van der Waals surface area contributed by atoms with E-state index in [0.717, 1.165) is 19.6 Å². The summed E-state index contributed by atoms with van der Waals surface area (Å²) >= 11 is 0. The van der Waals surface area contributed by atoms with E-state index in [2.05, 4.69) is 37.8 Å². The van der Waals surface area contributed by atoms with E-state index in [-0.39, 0.29) is 6.04 Å². The maximum atomic E-state index is 6.47. The Kier molecular flexibility index (Phi) is 7.89. The number of methoxy groups -OCH3 is 2. The molecule has 0 bridgehead atoms. The van der Waals surface area contributed by atoms with Gasteiger partial charge in [0.15, 0.2) is 0 Å². The summed E-state index contributed by atoms with van der Waals surface area (Å²) in [6, 6.07) is 4.42. The van der Waals surface area contributed by atoms with Crippen molar-refractivity contribution in [2.24, 2.45) is 5.73 Å². The summed E-state index contributed by atoms with van der Waals surface area (Å²) in [6.45, 7) is 10.4. The highest BCUT2D eigenvalue weighted by atomic mass is 16.5. The topological polar surface area (TPSA) is 47.7 Å². The molecule has 1 unspecified atom stereocenters. The molecule has 4 nitrogen and oxygen atoms in total. The molecule has 0 spiro atoms. The molecule has 120 valence electrons. The minimum absolute atomic E-state index is 0.0133. The van der Waals surface area contributed by atoms with Gasteiger partial charge in [0.1, 0.15) is 0 Å². The molecule has 0 aliphatic rings. The van der Waals surface area contributed by atoms with Crippen LogP contribution in [0.15, 0.2) is 12.1 Å². The quantitative estimate of drug-likeness (QED) is 0.758. The lowest BCUT2D eigenvalue weighted by Gasteiger charge is -2.27. The third-order valence-electron chi connectivity index (χ3n) is 3.79. The van der Waals surface area contributed by atoms with E-state index in [4.69, 9.17) is 15.2 Å². The highest BCUT2D eigenvalue weighted by molar-refractivity contribution is 5.39. The lowest BCUT2D eigenvalue weighted by molar-refractivity contribution is 0.110. The zero-order chi connectivity index (χ0) is 15.8.